The van der Waals surface area contributed by atoms with Crippen molar-refractivity contribution in [1.82, 2.24) is 15.1 Å². The molecule has 34 heavy (non-hydrogen) atoms. The van der Waals surface area contributed by atoms with Crippen molar-refractivity contribution in [2.75, 3.05) is 44.6 Å². The van der Waals surface area contributed by atoms with E-state index in [2.05, 4.69) is 51.9 Å². The van der Waals surface area contributed by atoms with Crippen molar-refractivity contribution in [2.24, 2.45) is 0 Å². The van der Waals surface area contributed by atoms with Crippen LogP contribution in [-0.4, -0.2) is 61.0 Å². The highest BCUT2D eigenvalue weighted by atomic mass is 16.2. The van der Waals surface area contributed by atoms with Crippen LogP contribution in [0.1, 0.15) is 79.9 Å². The third-order valence-electron chi connectivity index (χ3n) is 7.47. The molecule has 0 spiro atoms. The van der Waals surface area contributed by atoms with Crippen LogP contribution < -0.4 is 10.6 Å². The topological polar surface area (TPSA) is 47.6 Å². The zero-order valence-corrected chi connectivity index (χ0v) is 21.1. The molecule has 0 radical (unpaired) electrons. The number of amides is 1. The molecule has 1 atom stereocenters. The SMILES string of the molecule is CCN(CC)C(=O)c1ccc(C(c2cccc(NC3CCCCCC3)c2)N2CCNCC2)cc1. The Morgan fingerprint density at radius 1 is 0.971 bits per heavy atom. The average molecular weight is 463 g/mol. The number of carbonyl (C=O) groups excluding carboxylic acids is 1. The van der Waals surface area contributed by atoms with Crippen molar-refractivity contribution in [1.29, 1.82) is 0 Å². The van der Waals surface area contributed by atoms with Crippen molar-refractivity contribution in [2.45, 2.75) is 64.5 Å². The number of piperazine rings is 1. The highest BCUT2D eigenvalue weighted by Crippen LogP contribution is 2.32. The fraction of sp³-hybridized carbons (Fsp3) is 0.552. The van der Waals surface area contributed by atoms with E-state index in [4.69, 9.17) is 0 Å². The molecule has 2 fully saturated rings. The second kappa shape index (κ2) is 12.4. The number of hydrogen-bond donors (Lipinski definition) is 2. The van der Waals surface area contributed by atoms with Crippen molar-refractivity contribution in [3.63, 3.8) is 0 Å². The lowest BCUT2D eigenvalue weighted by atomic mass is 9.94. The van der Waals surface area contributed by atoms with Crippen LogP contribution in [0.2, 0.25) is 0 Å². The average Bonchev–Trinajstić information content (AvgIpc) is 3.15. The Morgan fingerprint density at radius 2 is 1.65 bits per heavy atom. The third-order valence-corrected chi connectivity index (χ3v) is 7.47. The van der Waals surface area contributed by atoms with Crippen molar-refractivity contribution in [3.05, 3.63) is 65.2 Å². The maximum atomic E-state index is 12.8. The van der Waals surface area contributed by atoms with Crippen molar-refractivity contribution < 1.29 is 4.79 Å². The van der Waals surface area contributed by atoms with Gasteiger partial charge in [0.2, 0.25) is 0 Å². The first-order chi connectivity index (χ1) is 16.7. The molecular formula is C29H42N4O. The van der Waals surface area contributed by atoms with E-state index in [0.717, 1.165) is 44.8 Å². The van der Waals surface area contributed by atoms with Crippen molar-refractivity contribution in [3.8, 4) is 0 Å². The maximum absolute atomic E-state index is 12.8. The highest BCUT2D eigenvalue weighted by molar-refractivity contribution is 5.94. The first-order valence-electron chi connectivity index (χ1n) is 13.4. The van der Waals surface area contributed by atoms with E-state index in [1.54, 1.807) is 0 Å². The smallest absolute Gasteiger partial charge is 0.253 e. The summed E-state index contributed by atoms with van der Waals surface area (Å²) in [6.45, 7) is 9.60. The Kier molecular flexibility index (Phi) is 9.00. The van der Waals surface area contributed by atoms with Gasteiger partial charge in [-0.2, -0.15) is 0 Å². The quantitative estimate of drug-likeness (QED) is 0.523. The number of nitrogens with one attached hydrogen (secondary N) is 2. The molecular weight excluding hydrogens is 420 g/mol. The summed E-state index contributed by atoms with van der Waals surface area (Å²) in [7, 11) is 0. The van der Waals surface area contributed by atoms with Crippen LogP contribution in [0, 0.1) is 0 Å². The molecule has 4 rings (SSSR count). The van der Waals surface area contributed by atoms with Crippen LogP contribution in [0.25, 0.3) is 0 Å². The van der Waals surface area contributed by atoms with E-state index in [1.165, 1.54) is 55.3 Å². The third kappa shape index (κ3) is 6.19. The first kappa shape index (κ1) is 24.7. The molecule has 1 amide bonds. The lowest BCUT2D eigenvalue weighted by Crippen LogP contribution is -2.45. The Morgan fingerprint density at radius 3 is 2.29 bits per heavy atom. The number of benzene rings is 2. The van der Waals surface area contributed by atoms with Gasteiger partial charge in [-0.3, -0.25) is 9.69 Å². The standard InChI is InChI=1S/C29H42N4O/c1-3-32(4-2)29(34)24-16-14-23(15-17-24)28(33-20-18-30-19-21-33)25-10-9-13-27(22-25)31-26-11-7-5-6-8-12-26/h9-10,13-17,22,26,28,30-31H,3-8,11-12,18-21H2,1-2H3. The molecule has 1 aliphatic heterocycles. The monoisotopic (exact) mass is 462 g/mol. The van der Waals surface area contributed by atoms with Gasteiger partial charge in [0.1, 0.15) is 0 Å². The predicted octanol–water partition coefficient (Wildman–Crippen LogP) is 5.30. The molecule has 1 saturated carbocycles. The summed E-state index contributed by atoms with van der Waals surface area (Å²) in [6.07, 6.45) is 7.95. The molecule has 5 heteroatoms. The molecule has 1 heterocycles. The highest BCUT2D eigenvalue weighted by Gasteiger charge is 2.25. The minimum absolute atomic E-state index is 0.116. The number of carbonyl (C=O) groups is 1. The Bertz CT molecular complexity index is 895. The van der Waals surface area contributed by atoms with Gasteiger partial charge in [0, 0.05) is 56.6 Å². The van der Waals surface area contributed by atoms with Gasteiger partial charge in [0.05, 0.1) is 6.04 Å². The van der Waals surface area contributed by atoms with Crippen LogP contribution >= 0.6 is 0 Å². The van der Waals surface area contributed by atoms with Crippen LogP contribution in [0.3, 0.4) is 0 Å². The van der Waals surface area contributed by atoms with Gasteiger partial charge < -0.3 is 15.5 Å². The number of rotatable bonds is 8. The van der Waals surface area contributed by atoms with E-state index < -0.39 is 0 Å². The molecule has 2 N–H and O–H groups in total. The first-order valence-corrected chi connectivity index (χ1v) is 13.4. The minimum Gasteiger partial charge on any atom is -0.382 e. The molecule has 2 aromatic carbocycles. The molecule has 0 aromatic heterocycles. The summed E-state index contributed by atoms with van der Waals surface area (Å²) in [6, 6.07) is 18.2. The summed E-state index contributed by atoms with van der Waals surface area (Å²) in [5.41, 5.74) is 4.58. The van der Waals surface area contributed by atoms with E-state index >= 15 is 0 Å². The van der Waals surface area contributed by atoms with Crippen LogP contribution in [0.5, 0.6) is 0 Å². The molecule has 2 aliphatic rings. The molecule has 5 nitrogen and oxygen atoms in total. The second-order valence-corrected chi connectivity index (χ2v) is 9.75. The summed E-state index contributed by atoms with van der Waals surface area (Å²) in [5.74, 6) is 0.116. The molecule has 1 aliphatic carbocycles. The van der Waals surface area contributed by atoms with Gasteiger partial charge in [-0.25, -0.2) is 0 Å². The van der Waals surface area contributed by atoms with Crippen molar-refractivity contribution >= 4 is 11.6 Å². The molecule has 184 valence electrons. The summed E-state index contributed by atoms with van der Waals surface area (Å²) in [5, 5.41) is 7.33. The number of hydrogen-bond acceptors (Lipinski definition) is 4. The lowest BCUT2D eigenvalue weighted by molar-refractivity contribution is 0.0773. The number of nitrogens with zero attached hydrogens (tertiary/aromatic N) is 2. The van der Waals surface area contributed by atoms with Gasteiger partial charge in [-0.05, 0) is 62.1 Å². The lowest BCUT2D eigenvalue weighted by Gasteiger charge is -2.36. The van der Waals surface area contributed by atoms with E-state index in [1.807, 2.05) is 30.9 Å². The molecule has 1 saturated heterocycles. The molecule has 1 unspecified atom stereocenters. The predicted molar refractivity (Wildman–Crippen MR) is 142 cm³/mol. The Hall–Kier alpha value is -2.37. The van der Waals surface area contributed by atoms with Gasteiger partial charge in [-0.15, -0.1) is 0 Å². The van der Waals surface area contributed by atoms with E-state index in [0.29, 0.717) is 6.04 Å². The molecule has 0 bridgehead atoms. The summed E-state index contributed by atoms with van der Waals surface area (Å²) >= 11 is 0. The Balaban J connectivity index is 1.59. The summed E-state index contributed by atoms with van der Waals surface area (Å²) < 4.78 is 0. The maximum Gasteiger partial charge on any atom is 0.253 e. The van der Waals surface area contributed by atoms with Gasteiger partial charge in [0.15, 0.2) is 0 Å². The van der Waals surface area contributed by atoms with E-state index in [9.17, 15) is 4.79 Å². The summed E-state index contributed by atoms with van der Waals surface area (Å²) in [4.78, 5) is 17.3. The Labute approximate surface area is 205 Å². The second-order valence-electron chi connectivity index (χ2n) is 9.75. The van der Waals surface area contributed by atoms with Gasteiger partial charge in [-0.1, -0.05) is 49.9 Å². The normalized spacial score (nSPS) is 18.8. The van der Waals surface area contributed by atoms with Crippen LogP contribution in [0.4, 0.5) is 5.69 Å². The molecule has 2 aromatic rings. The largest absolute Gasteiger partial charge is 0.382 e. The fourth-order valence-electron chi connectivity index (χ4n) is 5.51. The van der Waals surface area contributed by atoms with E-state index in [-0.39, 0.29) is 11.9 Å². The fourth-order valence-corrected chi connectivity index (χ4v) is 5.51. The zero-order chi connectivity index (χ0) is 23.8. The van der Waals surface area contributed by atoms with Gasteiger partial charge in [0.25, 0.3) is 5.91 Å². The van der Waals surface area contributed by atoms with Crippen LogP contribution in [-0.2, 0) is 0 Å². The zero-order valence-electron chi connectivity index (χ0n) is 21.1. The number of anilines is 1. The minimum atomic E-state index is 0.116. The van der Waals surface area contributed by atoms with Crippen LogP contribution in [0.15, 0.2) is 48.5 Å². The van der Waals surface area contributed by atoms with Gasteiger partial charge >= 0.3 is 0 Å².